The number of aromatic nitrogens is 4. The molecule has 1 N–H and O–H groups in total. The van der Waals surface area contributed by atoms with E-state index >= 15 is 0 Å². The zero-order valence-electron chi connectivity index (χ0n) is 10.5. The molecule has 0 aliphatic heterocycles. The second kappa shape index (κ2) is 6.58. The van der Waals surface area contributed by atoms with Crippen LogP contribution in [0.25, 0.3) is 0 Å². The molecule has 19 heavy (non-hydrogen) atoms. The normalized spacial score (nSPS) is 10.4. The van der Waals surface area contributed by atoms with Crippen molar-refractivity contribution in [2.45, 2.75) is 19.9 Å². The molecule has 100 valence electrons. The molecule has 0 saturated carbocycles. The van der Waals surface area contributed by atoms with Gasteiger partial charge in [-0.1, -0.05) is 18.5 Å². The van der Waals surface area contributed by atoms with Gasteiger partial charge in [-0.2, -0.15) is 4.98 Å². The zero-order chi connectivity index (χ0) is 13.7. The van der Waals surface area contributed by atoms with Gasteiger partial charge in [-0.3, -0.25) is 4.98 Å². The Morgan fingerprint density at radius 3 is 2.95 bits per heavy atom. The number of nitrogens with zero attached hydrogens (tertiary/aromatic N) is 4. The van der Waals surface area contributed by atoms with E-state index in [0.29, 0.717) is 22.3 Å². The minimum atomic E-state index is 0.454. The largest absolute Gasteiger partial charge is 0.354 e. The summed E-state index contributed by atoms with van der Waals surface area (Å²) in [6.45, 7) is 3.37. The Labute approximate surface area is 121 Å². The van der Waals surface area contributed by atoms with Crippen molar-refractivity contribution in [1.29, 1.82) is 0 Å². The third-order valence-electron chi connectivity index (χ3n) is 2.45. The van der Waals surface area contributed by atoms with Gasteiger partial charge in [-0.25, -0.2) is 4.98 Å². The van der Waals surface area contributed by atoms with Gasteiger partial charge in [0.1, 0.15) is 6.33 Å². The van der Waals surface area contributed by atoms with Crippen LogP contribution in [0.3, 0.4) is 0 Å². The summed E-state index contributed by atoms with van der Waals surface area (Å²) in [6.07, 6.45) is 4.36. The van der Waals surface area contributed by atoms with Gasteiger partial charge in [0.25, 0.3) is 0 Å². The summed E-state index contributed by atoms with van der Waals surface area (Å²) in [7, 11) is 0. The second-order valence-electron chi connectivity index (χ2n) is 3.95. The fourth-order valence-corrected chi connectivity index (χ4v) is 1.86. The summed E-state index contributed by atoms with van der Waals surface area (Å²) in [5.74, 6) is 0.551. The average molecular weight is 296 g/mol. The van der Waals surface area contributed by atoms with Gasteiger partial charge in [0, 0.05) is 12.7 Å². The molecule has 2 rings (SSSR count). The zero-order valence-corrected chi connectivity index (χ0v) is 12.1. The van der Waals surface area contributed by atoms with Crippen LogP contribution in [0.15, 0.2) is 24.7 Å². The van der Waals surface area contributed by atoms with E-state index in [1.807, 2.05) is 0 Å². The van der Waals surface area contributed by atoms with Gasteiger partial charge >= 0.3 is 0 Å². The fourth-order valence-electron chi connectivity index (χ4n) is 1.48. The minimum Gasteiger partial charge on any atom is -0.354 e. The number of anilines is 1. The highest BCUT2D eigenvalue weighted by Crippen LogP contribution is 2.13. The maximum absolute atomic E-state index is 6.06. The van der Waals surface area contributed by atoms with Crippen LogP contribution >= 0.6 is 23.8 Å². The first-order valence-corrected chi connectivity index (χ1v) is 6.76. The predicted molar refractivity (Wildman–Crippen MR) is 78.0 cm³/mol. The van der Waals surface area contributed by atoms with Gasteiger partial charge in [-0.05, 0) is 30.8 Å². The lowest BCUT2D eigenvalue weighted by Crippen LogP contribution is -2.10. The Morgan fingerprint density at radius 1 is 1.42 bits per heavy atom. The third kappa shape index (κ3) is 3.71. The summed E-state index contributed by atoms with van der Waals surface area (Å²) in [5.41, 5.74) is 0.748. The molecule has 0 unspecified atom stereocenters. The average Bonchev–Trinajstić information content (AvgIpc) is 2.41. The van der Waals surface area contributed by atoms with E-state index < -0.39 is 0 Å². The summed E-state index contributed by atoms with van der Waals surface area (Å²) >= 11 is 11.3. The first-order chi connectivity index (χ1) is 9.20. The quantitative estimate of drug-likeness (QED) is 0.860. The highest BCUT2D eigenvalue weighted by Gasteiger charge is 2.04. The monoisotopic (exact) mass is 295 g/mol. The van der Waals surface area contributed by atoms with E-state index in [2.05, 4.69) is 27.2 Å². The molecule has 2 aromatic heterocycles. The molecule has 0 aromatic carbocycles. The lowest BCUT2D eigenvalue weighted by molar-refractivity contribution is 0.708. The third-order valence-corrected chi connectivity index (χ3v) is 3.12. The molecule has 0 spiro atoms. The fraction of sp³-hybridized carbons (Fsp3) is 0.333. The smallest absolute Gasteiger partial charge is 0.226 e. The maximum Gasteiger partial charge on any atom is 0.226 e. The Balaban J connectivity index is 2.18. The first kappa shape index (κ1) is 13.9. The maximum atomic E-state index is 6.06. The Morgan fingerprint density at radius 2 is 2.26 bits per heavy atom. The molecule has 2 aromatic rings. The van der Waals surface area contributed by atoms with E-state index in [-0.39, 0.29) is 0 Å². The van der Waals surface area contributed by atoms with Gasteiger partial charge in [0.2, 0.25) is 10.7 Å². The molecule has 0 aliphatic rings. The standard InChI is InChI=1S/C12H14ClN5S/c1-2-5-15-11-16-8-18(12(19)17-11)7-10-9(13)4-3-6-14-10/h3-4,6,8H,2,5,7H2,1H3,(H,15,17,19). The molecule has 0 bridgehead atoms. The second-order valence-corrected chi connectivity index (χ2v) is 4.72. The topological polar surface area (TPSA) is 55.6 Å². The molecule has 7 heteroatoms. The molecule has 0 fully saturated rings. The number of hydrogen-bond acceptors (Lipinski definition) is 5. The van der Waals surface area contributed by atoms with Crippen LogP contribution in [0.4, 0.5) is 5.95 Å². The van der Waals surface area contributed by atoms with Gasteiger partial charge in [-0.15, -0.1) is 0 Å². The highest BCUT2D eigenvalue weighted by atomic mass is 35.5. The van der Waals surface area contributed by atoms with Crippen molar-refractivity contribution < 1.29 is 0 Å². The summed E-state index contributed by atoms with van der Waals surface area (Å²) < 4.78 is 2.19. The van der Waals surface area contributed by atoms with Crippen LogP contribution in [-0.4, -0.2) is 26.1 Å². The molecular weight excluding hydrogens is 282 g/mol. The van der Waals surface area contributed by atoms with Crippen LogP contribution in [0.2, 0.25) is 5.02 Å². The lowest BCUT2D eigenvalue weighted by Gasteiger charge is -2.08. The van der Waals surface area contributed by atoms with Crippen molar-refractivity contribution in [2.75, 3.05) is 11.9 Å². The minimum absolute atomic E-state index is 0.454. The van der Waals surface area contributed by atoms with Crippen LogP contribution in [-0.2, 0) is 6.54 Å². The summed E-state index contributed by atoms with van der Waals surface area (Å²) in [6, 6.07) is 3.59. The van der Waals surface area contributed by atoms with E-state index in [1.165, 1.54) is 0 Å². The van der Waals surface area contributed by atoms with Crippen LogP contribution < -0.4 is 5.32 Å². The molecular formula is C12H14ClN5S. The predicted octanol–water partition coefficient (Wildman–Crippen LogP) is 2.93. The van der Waals surface area contributed by atoms with Crippen LogP contribution in [0, 0.1) is 4.77 Å². The van der Waals surface area contributed by atoms with Crippen LogP contribution in [0.1, 0.15) is 19.0 Å². The number of rotatable bonds is 5. The van der Waals surface area contributed by atoms with E-state index in [4.69, 9.17) is 23.8 Å². The number of hydrogen-bond donors (Lipinski definition) is 1. The lowest BCUT2D eigenvalue weighted by atomic mass is 10.3. The van der Waals surface area contributed by atoms with E-state index in [9.17, 15) is 0 Å². The Hall–Kier alpha value is -1.53. The van der Waals surface area contributed by atoms with Crippen molar-refractivity contribution >= 4 is 29.8 Å². The van der Waals surface area contributed by atoms with Crippen molar-refractivity contribution in [3.8, 4) is 0 Å². The Kier molecular flexibility index (Phi) is 4.81. The first-order valence-electron chi connectivity index (χ1n) is 5.97. The highest BCUT2D eigenvalue weighted by molar-refractivity contribution is 7.71. The number of pyridine rings is 1. The van der Waals surface area contributed by atoms with Crippen molar-refractivity contribution in [3.63, 3.8) is 0 Å². The van der Waals surface area contributed by atoms with E-state index in [1.54, 1.807) is 29.2 Å². The van der Waals surface area contributed by atoms with Crippen molar-refractivity contribution in [1.82, 2.24) is 19.5 Å². The summed E-state index contributed by atoms with van der Waals surface area (Å²) in [4.78, 5) is 12.6. The summed E-state index contributed by atoms with van der Waals surface area (Å²) in [5, 5.41) is 3.70. The van der Waals surface area contributed by atoms with Gasteiger partial charge in [0.05, 0.1) is 17.3 Å². The molecule has 0 radical (unpaired) electrons. The van der Waals surface area contributed by atoms with Gasteiger partial charge in [0.15, 0.2) is 0 Å². The van der Waals surface area contributed by atoms with Crippen molar-refractivity contribution in [3.05, 3.63) is 40.1 Å². The van der Waals surface area contributed by atoms with E-state index in [0.717, 1.165) is 18.7 Å². The van der Waals surface area contributed by atoms with Gasteiger partial charge < -0.3 is 9.88 Å². The molecule has 0 saturated heterocycles. The molecule has 0 amide bonds. The molecule has 0 atom stereocenters. The molecule has 2 heterocycles. The molecule has 0 aliphatic carbocycles. The van der Waals surface area contributed by atoms with Crippen LogP contribution in [0.5, 0.6) is 0 Å². The Bertz CT molecular complexity index is 613. The number of halogens is 1. The number of nitrogens with one attached hydrogen (secondary N) is 1. The SMILES string of the molecule is CCCNc1ncn(Cc2ncccc2Cl)c(=S)n1. The molecule has 5 nitrogen and oxygen atoms in total. The van der Waals surface area contributed by atoms with Crippen molar-refractivity contribution in [2.24, 2.45) is 0 Å².